The molecule has 0 radical (unpaired) electrons. The number of hydrogen-bond donors (Lipinski definition) is 3. The maximum atomic E-state index is 9.38. The van der Waals surface area contributed by atoms with Gasteiger partial charge in [0.2, 0.25) is 11.9 Å². The number of hydrogen-bond acceptors (Lipinski definition) is 6. The summed E-state index contributed by atoms with van der Waals surface area (Å²) in [6.45, 7) is 3.68. The van der Waals surface area contributed by atoms with E-state index in [4.69, 9.17) is 5.73 Å². The zero-order valence-corrected chi connectivity index (χ0v) is 8.31. The van der Waals surface area contributed by atoms with E-state index in [9.17, 15) is 5.11 Å². The number of nitrogens with zero attached hydrogens (tertiary/aromatic N) is 3. The number of anilines is 2. The molecule has 1 aromatic heterocycles. The highest BCUT2D eigenvalue weighted by molar-refractivity contribution is 5.30. The first-order valence-corrected chi connectivity index (χ1v) is 4.52. The molecule has 6 heteroatoms. The zero-order chi connectivity index (χ0) is 10.6. The molecule has 0 fully saturated rings. The van der Waals surface area contributed by atoms with Gasteiger partial charge >= 0.3 is 0 Å². The molecule has 4 N–H and O–H groups in total. The Kier molecular flexibility index (Phi) is 3.58. The molecule has 0 aliphatic rings. The van der Waals surface area contributed by atoms with Gasteiger partial charge in [0.1, 0.15) is 6.33 Å². The molecule has 78 valence electrons. The Morgan fingerprint density at radius 1 is 1.57 bits per heavy atom. The molecule has 6 nitrogen and oxygen atoms in total. The van der Waals surface area contributed by atoms with Crippen LogP contribution in [0, 0.1) is 0 Å². The van der Waals surface area contributed by atoms with Gasteiger partial charge < -0.3 is 16.2 Å². The highest BCUT2D eigenvalue weighted by Gasteiger charge is 2.13. The van der Waals surface area contributed by atoms with Crippen molar-refractivity contribution in [2.45, 2.75) is 32.4 Å². The van der Waals surface area contributed by atoms with Crippen LogP contribution in [0.15, 0.2) is 6.33 Å². The third kappa shape index (κ3) is 2.81. The van der Waals surface area contributed by atoms with Crippen LogP contribution in [-0.4, -0.2) is 32.2 Å². The second-order valence-corrected chi connectivity index (χ2v) is 3.07. The normalized spacial score (nSPS) is 14.8. The van der Waals surface area contributed by atoms with Crippen molar-refractivity contribution in [3.05, 3.63) is 6.33 Å². The maximum absolute atomic E-state index is 9.38. The lowest BCUT2D eigenvalue weighted by atomic mass is 10.1. The summed E-state index contributed by atoms with van der Waals surface area (Å²) >= 11 is 0. The van der Waals surface area contributed by atoms with Gasteiger partial charge in [0, 0.05) is 0 Å². The largest absolute Gasteiger partial charge is 0.391 e. The van der Waals surface area contributed by atoms with E-state index in [1.54, 1.807) is 6.92 Å². The van der Waals surface area contributed by atoms with E-state index in [0.717, 1.165) is 6.42 Å². The molecule has 0 saturated carbocycles. The van der Waals surface area contributed by atoms with Crippen LogP contribution in [0.4, 0.5) is 11.9 Å². The van der Waals surface area contributed by atoms with Gasteiger partial charge in [-0.3, -0.25) is 0 Å². The summed E-state index contributed by atoms with van der Waals surface area (Å²) in [7, 11) is 0. The summed E-state index contributed by atoms with van der Waals surface area (Å²) in [6.07, 6.45) is 1.65. The predicted molar refractivity (Wildman–Crippen MR) is 53.6 cm³/mol. The molecule has 14 heavy (non-hydrogen) atoms. The number of rotatable bonds is 4. The Morgan fingerprint density at radius 2 is 2.29 bits per heavy atom. The Labute approximate surface area is 82.6 Å². The van der Waals surface area contributed by atoms with Crippen LogP contribution in [0.1, 0.15) is 20.3 Å². The fourth-order valence-corrected chi connectivity index (χ4v) is 1.11. The van der Waals surface area contributed by atoms with Gasteiger partial charge in [-0.15, -0.1) is 0 Å². The number of nitrogens with two attached hydrogens (primary N) is 1. The van der Waals surface area contributed by atoms with Gasteiger partial charge in [-0.05, 0) is 13.3 Å². The van der Waals surface area contributed by atoms with Gasteiger partial charge in [-0.2, -0.15) is 4.98 Å². The average Bonchev–Trinajstić information content (AvgIpc) is 2.14. The summed E-state index contributed by atoms with van der Waals surface area (Å²) < 4.78 is 0. The summed E-state index contributed by atoms with van der Waals surface area (Å²) in [5.41, 5.74) is 5.39. The first kappa shape index (κ1) is 10.6. The smallest absolute Gasteiger partial charge is 0.227 e. The standard InChI is InChI=1S/C8H15N5O/c1-3-6(5(2)14)12-8-11-4-10-7(9)13-8/h4-6,14H,3H2,1-2H3,(H3,9,10,11,12,13). The fourth-order valence-electron chi connectivity index (χ4n) is 1.11. The molecule has 0 amide bonds. The third-order valence-electron chi connectivity index (χ3n) is 1.93. The molecular formula is C8H15N5O. The van der Waals surface area contributed by atoms with Gasteiger partial charge in [0.05, 0.1) is 12.1 Å². The molecule has 0 bridgehead atoms. The molecule has 0 aromatic carbocycles. The molecular weight excluding hydrogens is 182 g/mol. The van der Waals surface area contributed by atoms with Gasteiger partial charge in [-0.1, -0.05) is 6.92 Å². The Morgan fingerprint density at radius 3 is 2.79 bits per heavy atom. The lowest BCUT2D eigenvalue weighted by molar-refractivity contribution is 0.169. The monoisotopic (exact) mass is 197 g/mol. The van der Waals surface area contributed by atoms with Crippen LogP contribution in [-0.2, 0) is 0 Å². The van der Waals surface area contributed by atoms with Crippen molar-refractivity contribution in [2.75, 3.05) is 11.1 Å². The molecule has 2 atom stereocenters. The highest BCUT2D eigenvalue weighted by Crippen LogP contribution is 2.06. The highest BCUT2D eigenvalue weighted by atomic mass is 16.3. The average molecular weight is 197 g/mol. The summed E-state index contributed by atoms with van der Waals surface area (Å²) in [4.78, 5) is 11.4. The van der Waals surface area contributed by atoms with Crippen molar-refractivity contribution >= 4 is 11.9 Å². The van der Waals surface area contributed by atoms with Crippen LogP contribution in [0.25, 0.3) is 0 Å². The van der Waals surface area contributed by atoms with E-state index in [2.05, 4.69) is 20.3 Å². The zero-order valence-electron chi connectivity index (χ0n) is 8.31. The van der Waals surface area contributed by atoms with Crippen molar-refractivity contribution < 1.29 is 5.11 Å². The fraction of sp³-hybridized carbons (Fsp3) is 0.625. The lowest BCUT2D eigenvalue weighted by Crippen LogP contribution is -2.31. The lowest BCUT2D eigenvalue weighted by Gasteiger charge is -2.19. The second kappa shape index (κ2) is 4.71. The third-order valence-corrected chi connectivity index (χ3v) is 1.93. The summed E-state index contributed by atoms with van der Waals surface area (Å²) in [5, 5.41) is 12.4. The molecule has 0 aliphatic carbocycles. The van der Waals surface area contributed by atoms with E-state index in [0.29, 0.717) is 5.95 Å². The number of nitrogens with one attached hydrogen (secondary N) is 1. The van der Waals surface area contributed by atoms with Crippen molar-refractivity contribution in [2.24, 2.45) is 0 Å². The number of aliphatic hydroxyl groups is 1. The minimum atomic E-state index is -0.460. The molecule has 1 heterocycles. The Hall–Kier alpha value is -1.43. The molecule has 0 saturated heterocycles. The van der Waals surface area contributed by atoms with Crippen molar-refractivity contribution in [3.63, 3.8) is 0 Å². The van der Waals surface area contributed by atoms with Gasteiger partial charge in [-0.25, -0.2) is 9.97 Å². The predicted octanol–water partition coefficient (Wildman–Crippen LogP) is 0.0251. The topological polar surface area (TPSA) is 97.0 Å². The van der Waals surface area contributed by atoms with Crippen molar-refractivity contribution in [1.82, 2.24) is 15.0 Å². The van der Waals surface area contributed by atoms with Gasteiger partial charge in [0.15, 0.2) is 0 Å². The number of aliphatic hydroxyl groups excluding tert-OH is 1. The van der Waals surface area contributed by atoms with Crippen molar-refractivity contribution in [1.29, 1.82) is 0 Å². The number of nitrogen functional groups attached to an aromatic ring is 1. The number of aromatic nitrogens is 3. The first-order chi connectivity index (χ1) is 6.63. The van der Waals surface area contributed by atoms with Crippen LogP contribution in [0.5, 0.6) is 0 Å². The van der Waals surface area contributed by atoms with E-state index in [1.165, 1.54) is 6.33 Å². The van der Waals surface area contributed by atoms with E-state index < -0.39 is 6.10 Å². The van der Waals surface area contributed by atoms with E-state index in [1.807, 2.05) is 6.92 Å². The first-order valence-electron chi connectivity index (χ1n) is 4.52. The second-order valence-electron chi connectivity index (χ2n) is 3.07. The van der Waals surface area contributed by atoms with E-state index in [-0.39, 0.29) is 12.0 Å². The summed E-state index contributed by atoms with van der Waals surface area (Å²) in [6, 6.07) is -0.0724. The van der Waals surface area contributed by atoms with Crippen LogP contribution in [0.3, 0.4) is 0 Å². The molecule has 2 unspecified atom stereocenters. The molecule has 0 spiro atoms. The van der Waals surface area contributed by atoms with Crippen LogP contribution >= 0.6 is 0 Å². The van der Waals surface area contributed by atoms with Crippen LogP contribution < -0.4 is 11.1 Å². The maximum Gasteiger partial charge on any atom is 0.227 e. The van der Waals surface area contributed by atoms with Crippen LogP contribution in [0.2, 0.25) is 0 Å². The molecule has 1 rings (SSSR count). The minimum Gasteiger partial charge on any atom is -0.391 e. The minimum absolute atomic E-state index is 0.0724. The quantitative estimate of drug-likeness (QED) is 0.630. The SMILES string of the molecule is CCC(Nc1ncnc(N)n1)C(C)O. The Bertz CT molecular complexity index is 291. The summed E-state index contributed by atoms with van der Waals surface area (Å²) in [5.74, 6) is 0.563. The molecule has 1 aromatic rings. The molecule has 0 aliphatic heterocycles. The Balaban J connectivity index is 2.67. The van der Waals surface area contributed by atoms with Crippen molar-refractivity contribution in [3.8, 4) is 0 Å². The van der Waals surface area contributed by atoms with E-state index >= 15 is 0 Å². The van der Waals surface area contributed by atoms with Gasteiger partial charge in [0.25, 0.3) is 0 Å².